The molecular weight excluding hydrogens is 365 g/mol. The zero-order chi connectivity index (χ0) is 18.2. The molecule has 25 heavy (non-hydrogen) atoms. The molecule has 7 heteroatoms. The largest absolute Gasteiger partial charge is 0.492 e. The quantitative estimate of drug-likeness (QED) is 0.672. The van der Waals surface area contributed by atoms with Gasteiger partial charge >= 0.3 is 5.97 Å². The number of amides is 1. The van der Waals surface area contributed by atoms with Gasteiger partial charge in [-0.1, -0.05) is 35.3 Å². The maximum Gasteiger partial charge on any atom is 0.335 e. The van der Waals surface area contributed by atoms with Crippen molar-refractivity contribution in [2.45, 2.75) is 19.4 Å². The lowest BCUT2D eigenvalue weighted by Crippen LogP contribution is -2.23. The van der Waals surface area contributed by atoms with Crippen molar-refractivity contribution >= 4 is 35.1 Å². The Morgan fingerprint density at radius 2 is 1.92 bits per heavy atom. The van der Waals surface area contributed by atoms with Gasteiger partial charge in [-0.2, -0.15) is 0 Å². The fourth-order valence-electron chi connectivity index (χ4n) is 2.11. The van der Waals surface area contributed by atoms with Gasteiger partial charge in [-0.25, -0.2) is 4.79 Å². The number of carboxylic acids is 1. The summed E-state index contributed by atoms with van der Waals surface area (Å²) in [4.78, 5) is 22.7. The molecule has 0 saturated carbocycles. The minimum atomic E-state index is -0.994. The highest BCUT2D eigenvalue weighted by Gasteiger charge is 2.06. The van der Waals surface area contributed by atoms with Crippen molar-refractivity contribution in [3.8, 4) is 5.75 Å². The van der Waals surface area contributed by atoms with E-state index in [4.69, 9.17) is 33.0 Å². The predicted molar refractivity (Wildman–Crippen MR) is 96.4 cm³/mol. The molecule has 1 amide bonds. The van der Waals surface area contributed by atoms with E-state index in [1.165, 1.54) is 12.1 Å². The first-order valence-corrected chi connectivity index (χ1v) is 8.38. The van der Waals surface area contributed by atoms with Crippen LogP contribution in [-0.4, -0.2) is 23.6 Å². The minimum Gasteiger partial charge on any atom is -0.492 e. The van der Waals surface area contributed by atoms with E-state index in [0.717, 1.165) is 5.56 Å². The fraction of sp³-hybridized carbons (Fsp3) is 0.222. The summed E-state index contributed by atoms with van der Waals surface area (Å²) >= 11 is 11.8. The Labute approximate surface area is 155 Å². The monoisotopic (exact) mass is 381 g/mol. The van der Waals surface area contributed by atoms with Crippen LogP contribution in [0.1, 0.15) is 28.8 Å². The molecule has 0 aliphatic rings. The summed E-state index contributed by atoms with van der Waals surface area (Å²) in [6.07, 6.45) is 0.823. The Morgan fingerprint density at radius 1 is 1.12 bits per heavy atom. The SMILES string of the molecule is O=C(CCCOc1ccc(Cl)cc1Cl)NCc1cccc(C(=O)O)c1. The minimum absolute atomic E-state index is 0.133. The van der Waals surface area contributed by atoms with Crippen LogP contribution in [0.2, 0.25) is 10.0 Å². The third-order valence-corrected chi connectivity index (χ3v) is 3.89. The van der Waals surface area contributed by atoms with Crippen molar-refractivity contribution in [3.05, 3.63) is 63.6 Å². The summed E-state index contributed by atoms with van der Waals surface area (Å²) in [6, 6.07) is 11.4. The second-order valence-electron chi connectivity index (χ2n) is 5.31. The average molecular weight is 382 g/mol. The van der Waals surface area contributed by atoms with Gasteiger partial charge in [0, 0.05) is 18.0 Å². The van der Waals surface area contributed by atoms with Gasteiger partial charge in [0.05, 0.1) is 17.2 Å². The summed E-state index contributed by atoms with van der Waals surface area (Å²) in [5, 5.41) is 12.6. The van der Waals surface area contributed by atoms with E-state index in [2.05, 4.69) is 5.32 Å². The fourth-order valence-corrected chi connectivity index (χ4v) is 2.57. The number of nitrogens with one attached hydrogen (secondary N) is 1. The van der Waals surface area contributed by atoms with Crippen LogP contribution in [0.25, 0.3) is 0 Å². The van der Waals surface area contributed by atoms with Crippen LogP contribution in [0.5, 0.6) is 5.75 Å². The first-order chi connectivity index (χ1) is 12.0. The zero-order valence-electron chi connectivity index (χ0n) is 13.3. The number of carboxylic acid groups (broad SMARTS) is 1. The second kappa shape index (κ2) is 9.30. The van der Waals surface area contributed by atoms with E-state index < -0.39 is 5.97 Å². The highest BCUT2D eigenvalue weighted by molar-refractivity contribution is 6.35. The van der Waals surface area contributed by atoms with Crippen molar-refractivity contribution in [3.63, 3.8) is 0 Å². The number of benzene rings is 2. The maximum absolute atomic E-state index is 11.8. The smallest absolute Gasteiger partial charge is 0.335 e. The molecule has 0 aromatic heterocycles. The molecule has 0 bridgehead atoms. The molecule has 2 N–H and O–H groups in total. The van der Waals surface area contributed by atoms with Gasteiger partial charge in [0.15, 0.2) is 0 Å². The molecule has 0 aliphatic carbocycles. The van der Waals surface area contributed by atoms with Crippen LogP contribution < -0.4 is 10.1 Å². The molecule has 132 valence electrons. The summed E-state index contributed by atoms with van der Waals surface area (Å²) in [7, 11) is 0. The number of carbonyl (C=O) groups excluding carboxylic acids is 1. The van der Waals surface area contributed by atoms with Gasteiger partial charge in [0.25, 0.3) is 0 Å². The second-order valence-corrected chi connectivity index (χ2v) is 6.15. The average Bonchev–Trinajstić information content (AvgIpc) is 2.58. The summed E-state index contributed by atoms with van der Waals surface area (Å²) in [5.41, 5.74) is 0.928. The summed E-state index contributed by atoms with van der Waals surface area (Å²) < 4.78 is 5.51. The molecule has 2 rings (SSSR count). The van der Waals surface area contributed by atoms with E-state index >= 15 is 0 Å². The number of aromatic carboxylic acids is 1. The maximum atomic E-state index is 11.8. The van der Waals surface area contributed by atoms with E-state index in [1.54, 1.807) is 30.3 Å². The van der Waals surface area contributed by atoms with Crippen molar-refractivity contribution in [2.75, 3.05) is 6.61 Å². The molecule has 0 heterocycles. The van der Waals surface area contributed by atoms with Gasteiger partial charge in [-0.15, -0.1) is 0 Å². The Balaban J connectivity index is 1.70. The van der Waals surface area contributed by atoms with Crippen LogP contribution in [-0.2, 0) is 11.3 Å². The Kier molecular flexibility index (Phi) is 7.10. The Bertz CT molecular complexity index is 764. The van der Waals surface area contributed by atoms with Crippen molar-refractivity contribution in [1.29, 1.82) is 0 Å². The molecule has 0 unspecified atom stereocenters. The van der Waals surface area contributed by atoms with Gasteiger partial charge in [0.1, 0.15) is 5.75 Å². The lowest BCUT2D eigenvalue weighted by Gasteiger charge is -2.09. The lowest BCUT2D eigenvalue weighted by molar-refractivity contribution is -0.121. The van der Waals surface area contributed by atoms with E-state index in [0.29, 0.717) is 35.2 Å². The highest BCUT2D eigenvalue weighted by Crippen LogP contribution is 2.27. The van der Waals surface area contributed by atoms with Gasteiger partial charge in [0.2, 0.25) is 5.91 Å². The zero-order valence-corrected chi connectivity index (χ0v) is 14.8. The van der Waals surface area contributed by atoms with Gasteiger partial charge in [-0.05, 0) is 42.3 Å². The van der Waals surface area contributed by atoms with Gasteiger partial charge < -0.3 is 15.2 Å². The van der Waals surface area contributed by atoms with Crippen LogP contribution >= 0.6 is 23.2 Å². The molecule has 2 aromatic carbocycles. The molecule has 0 fully saturated rings. The number of halogens is 2. The Hall–Kier alpha value is -2.24. The number of rotatable bonds is 8. The standard InChI is InChI=1S/C18H17Cl2NO4/c19-14-6-7-16(15(20)10-14)25-8-2-5-17(22)21-11-12-3-1-4-13(9-12)18(23)24/h1,3-4,6-7,9-10H,2,5,8,11H2,(H,21,22)(H,23,24). The van der Waals surface area contributed by atoms with Crippen LogP contribution in [0, 0.1) is 0 Å². The predicted octanol–water partition coefficient (Wildman–Crippen LogP) is 4.17. The van der Waals surface area contributed by atoms with E-state index in [-0.39, 0.29) is 18.0 Å². The first-order valence-electron chi connectivity index (χ1n) is 7.62. The number of ether oxygens (including phenoxy) is 1. The molecule has 0 atom stereocenters. The third-order valence-electron chi connectivity index (χ3n) is 3.36. The highest BCUT2D eigenvalue weighted by atomic mass is 35.5. The molecule has 0 radical (unpaired) electrons. The summed E-state index contributed by atoms with van der Waals surface area (Å²) in [6.45, 7) is 0.632. The molecule has 5 nitrogen and oxygen atoms in total. The summed E-state index contributed by atoms with van der Waals surface area (Å²) in [5.74, 6) is -0.602. The van der Waals surface area contributed by atoms with Crippen molar-refractivity contribution < 1.29 is 19.4 Å². The lowest BCUT2D eigenvalue weighted by atomic mass is 10.1. The topological polar surface area (TPSA) is 75.6 Å². The van der Waals surface area contributed by atoms with Crippen molar-refractivity contribution in [1.82, 2.24) is 5.32 Å². The van der Waals surface area contributed by atoms with Gasteiger partial charge in [-0.3, -0.25) is 4.79 Å². The van der Waals surface area contributed by atoms with Crippen LogP contribution in [0.4, 0.5) is 0 Å². The third kappa shape index (κ3) is 6.29. The Morgan fingerprint density at radius 3 is 2.64 bits per heavy atom. The van der Waals surface area contributed by atoms with Crippen molar-refractivity contribution in [2.24, 2.45) is 0 Å². The molecule has 0 aliphatic heterocycles. The molecule has 0 saturated heterocycles. The molecule has 0 spiro atoms. The number of hydrogen-bond donors (Lipinski definition) is 2. The van der Waals surface area contributed by atoms with E-state index in [1.807, 2.05) is 0 Å². The van der Waals surface area contributed by atoms with Crippen LogP contribution in [0.3, 0.4) is 0 Å². The normalized spacial score (nSPS) is 10.3. The van der Waals surface area contributed by atoms with Crippen LogP contribution in [0.15, 0.2) is 42.5 Å². The number of hydrogen-bond acceptors (Lipinski definition) is 3. The molecular formula is C18H17Cl2NO4. The van der Waals surface area contributed by atoms with E-state index in [9.17, 15) is 9.59 Å². The molecule has 2 aromatic rings. The first kappa shape index (κ1) is 19.1. The number of carbonyl (C=O) groups is 2.